The van der Waals surface area contributed by atoms with Gasteiger partial charge in [0.25, 0.3) is 0 Å². The molecule has 23 heavy (non-hydrogen) atoms. The summed E-state index contributed by atoms with van der Waals surface area (Å²) in [5.74, 6) is 0.0315. The number of carboxylic acids is 1. The van der Waals surface area contributed by atoms with E-state index >= 15 is 0 Å². The summed E-state index contributed by atoms with van der Waals surface area (Å²) in [4.78, 5) is 10.7. The summed E-state index contributed by atoms with van der Waals surface area (Å²) in [5.41, 5.74) is 0.514. The molecule has 0 spiro atoms. The Bertz CT molecular complexity index is 463. The number of nitriles is 1. The molecule has 3 nitrogen and oxygen atoms in total. The van der Waals surface area contributed by atoms with Gasteiger partial charge < -0.3 is 5.11 Å². The van der Waals surface area contributed by atoms with Crippen LogP contribution >= 0.6 is 35.7 Å². The Morgan fingerprint density at radius 3 is 2.13 bits per heavy atom. The molecule has 0 aromatic heterocycles. The van der Waals surface area contributed by atoms with Gasteiger partial charge in [-0.2, -0.15) is 5.26 Å². The van der Waals surface area contributed by atoms with Crippen molar-refractivity contribution in [1.82, 2.24) is 0 Å². The number of carbonyl (C=O) groups is 1. The molecule has 0 aromatic carbocycles. The molecule has 0 fully saturated rings. The first-order valence-electron chi connectivity index (χ1n) is 7.77. The minimum absolute atomic E-state index is 0.0125. The molecule has 0 aliphatic rings. The van der Waals surface area contributed by atoms with Crippen molar-refractivity contribution in [2.75, 3.05) is 5.75 Å². The highest BCUT2D eigenvalue weighted by Crippen LogP contribution is 2.38. The van der Waals surface area contributed by atoms with Crippen LogP contribution in [-0.4, -0.2) is 25.1 Å². The van der Waals surface area contributed by atoms with E-state index in [1.165, 1.54) is 11.8 Å². The van der Waals surface area contributed by atoms with E-state index in [0.717, 1.165) is 22.1 Å². The summed E-state index contributed by atoms with van der Waals surface area (Å²) in [7, 11) is 0. The molecule has 132 valence electrons. The number of nitrogens with zero attached hydrogens (tertiary/aromatic N) is 1. The summed E-state index contributed by atoms with van der Waals surface area (Å²) >= 11 is 8.33. The van der Waals surface area contributed by atoms with Crippen molar-refractivity contribution in [2.24, 2.45) is 10.8 Å². The van der Waals surface area contributed by atoms with E-state index < -0.39 is 10.7 Å². The minimum Gasteiger partial charge on any atom is -0.481 e. The first-order valence-corrected chi connectivity index (χ1v) is 9.98. The van der Waals surface area contributed by atoms with Crippen LogP contribution in [-0.2, 0) is 4.79 Å². The molecule has 1 unspecified atom stereocenters. The number of carboxylic acid groups (broad SMARTS) is 1. The first kappa shape index (κ1) is 22.8. The molecule has 0 aliphatic carbocycles. The molecule has 0 bridgehead atoms. The highest BCUT2D eigenvalue weighted by atomic mass is 32.2. The van der Waals surface area contributed by atoms with Crippen LogP contribution in [0.25, 0.3) is 0 Å². The van der Waals surface area contributed by atoms with Gasteiger partial charge in [0.2, 0.25) is 0 Å². The molecular weight excluding hydrogens is 346 g/mol. The summed E-state index contributed by atoms with van der Waals surface area (Å²) in [6.45, 7) is 13.0. The van der Waals surface area contributed by atoms with Crippen LogP contribution in [0.1, 0.15) is 67.2 Å². The maximum atomic E-state index is 10.7. The van der Waals surface area contributed by atoms with Crippen molar-refractivity contribution >= 4 is 45.2 Å². The zero-order valence-corrected chi connectivity index (χ0v) is 17.5. The van der Waals surface area contributed by atoms with Crippen LogP contribution < -0.4 is 0 Å². The smallest absolute Gasteiger partial charge is 0.303 e. The van der Waals surface area contributed by atoms with E-state index in [-0.39, 0.29) is 11.8 Å². The number of thiocarbonyl (C=S) groups is 1. The summed E-state index contributed by atoms with van der Waals surface area (Å²) in [6, 6.07) is 2.21. The molecule has 0 saturated carbocycles. The average molecular weight is 376 g/mol. The Kier molecular flexibility index (Phi) is 9.19. The lowest BCUT2D eigenvalue weighted by Crippen LogP contribution is -2.22. The SMILES string of the molecule is CC(C)(C)CCC(C)(C)CSC(=S)SC(C)(C#N)CCC(=O)O. The van der Waals surface area contributed by atoms with Gasteiger partial charge in [-0.05, 0) is 37.0 Å². The number of thioether (sulfide) groups is 2. The Labute approximate surface area is 155 Å². The van der Waals surface area contributed by atoms with Crippen molar-refractivity contribution in [3.8, 4) is 6.07 Å². The zero-order valence-electron chi connectivity index (χ0n) is 15.1. The van der Waals surface area contributed by atoms with E-state index in [1.54, 1.807) is 18.7 Å². The normalized spacial score (nSPS) is 14.8. The molecule has 0 heterocycles. The van der Waals surface area contributed by atoms with Gasteiger partial charge in [-0.1, -0.05) is 58.6 Å². The van der Waals surface area contributed by atoms with Gasteiger partial charge in [0, 0.05) is 12.2 Å². The van der Waals surface area contributed by atoms with E-state index in [4.69, 9.17) is 17.3 Å². The van der Waals surface area contributed by atoms with Gasteiger partial charge in [0.05, 0.1) is 6.07 Å². The highest BCUT2D eigenvalue weighted by Gasteiger charge is 2.29. The monoisotopic (exact) mass is 375 g/mol. The second-order valence-corrected chi connectivity index (χ2v) is 11.8. The molecular formula is C17H29NO2S3. The Balaban J connectivity index is 4.42. The number of aliphatic carboxylic acids is 1. The van der Waals surface area contributed by atoms with Gasteiger partial charge in [-0.3, -0.25) is 4.79 Å². The molecule has 6 heteroatoms. The lowest BCUT2D eigenvalue weighted by molar-refractivity contribution is -0.137. The van der Waals surface area contributed by atoms with Crippen molar-refractivity contribution in [2.45, 2.75) is 72.0 Å². The molecule has 1 N–H and O–H groups in total. The topological polar surface area (TPSA) is 61.1 Å². The lowest BCUT2D eigenvalue weighted by atomic mass is 9.81. The quantitative estimate of drug-likeness (QED) is 0.546. The standard InChI is InChI=1S/C17H29NO2S3/c1-15(2,3)9-10-16(4,5)12-22-14(21)23-17(6,11-18)8-7-13(19)20/h7-10,12H2,1-6H3,(H,19,20). The maximum absolute atomic E-state index is 10.7. The van der Waals surface area contributed by atoms with E-state index in [1.807, 2.05) is 0 Å². The Morgan fingerprint density at radius 1 is 1.13 bits per heavy atom. The maximum Gasteiger partial charge on any atom is 0.303 e. The minimum atomic E-state index is -0.881. The van der Waals surface area contributed by atoms with Gasteiger partial charge >= 0.3 is 5.97 Å². The second-order valence-electron chi connectivity index (χ2n) is 8.10. The molecule has 0 rings (SSSR count). The van der Waals surface area contributed by atoms with Crippen LogP contribution in [0.4, 0.5) is 0 Å². The fraction of sp³-hybridized carbons (Fsp3) is 0.824. The van der Waals surface area contributed by atoms with Gasteiger partial charge in [-0.25, -0.2) is 0 Å². The molecule has 0 aliphatic heterocycles. The van der Waals surface area contributed by atoms with E-state index in [0.29, 0.717) is 11.8 Å². The molecule has 0 saturated heterocycles. The summed E-state index contributed by atoms with van der Waals surface area (Å²) < 4.78 is -0.0406. The van der Waals surface area contributed by atoms with Crippen LogP contribution in [0.5, 0.6) is 0 Å². The van der Waals surface area contributed by atoms with Crippen LogP contribution in [0, 0.1) is 22.2 Å². The molecule has 0 amide bonds. The highest BCUT2D eigenvalue weighted by molar-refractivity contribution is 8.47. The third-order valence-electron chi connectivity index (χ3n) is 3.49. The van der Waals surface area contributed by atoms with Crippen molar-refractivity contribution < 1.29 is 9.90 Å². The first-order chi connectivity index (χ1) is 10.3. The largest absolute Gasteiger partial charge is 0.481 e. The van der Waals surface area contributed by atoms with Crippen molar-refractivity contribution in [3.63, 3.8) is 0 Å². The van der Waals surface area contributed by atoms with Gasteiger partial charge in [0.15, 0.2) is 0 Å². The fourth-order valence-electron chi connectivity index (χ4n) is 1.73. The summed E-state index contributed by atoms with van der Waals surface area (Å²) in [6.07, 6.45) is 2.58. The van der Waals surface area contributed by atoms with Crippen molar-refractivity contribution in [1.29, 1.82) is 5.26 Å². The third-order valence-corrected chi connectivity index (χ3v) is 6.77. The Morgan fingerprint density at radius 2 is 1.70 bits per heavy atom. The molecule has 0 aromatic rings. The number of rotatable bonds is 8. The van der Waals surface area contributed by atoms with E-state index in [2.05, 4.69) is 40.7 Å². The van der Waals surface area contributed by atoms with Gasteiger partial charge in [-0.15, -0.1) is 11.8 Å². The second kappa shape index (κ2) is 9.29. The molecule has 1 atom stereocenters. The zero-order chi connectivity index (χ0) is 18.3. The van der Waals surface area contributed by atoms with Crippen LogP contribution in [0.15, 0.2) is 0 Å². The predicted molar refractivity (Wildman–Crippen MR) is 106 cm³/mol. The fourth-order valence-corrected chi connectivity index (χ4v) is 4.69. The lowest BCUT2D eigenvalue weighted by Gasteiger charge is -2.29. The number of hydrogen-bond donors (Lipinski definition) is 1. The van der Waals surface area contributed by atoms with Crippen LogP contribution in [0.3, 0.4) is 0 Å². The summed E-state index contributed by atoms with van der Waals surface area (Å²) in [5, 5.41) is 18.1. The Hall–Kier alpha value is -0.250. The van der Waals surface area contributed by atoms with E-state index in [9.17, 15) is 10.1 Å². The van der Waals surface area contributed by atoms with Gasteiger partial charge in [0.1, 0.15) is 8.28 Å². The number of hydrogen-bond acceptors (Lipinski definition) is 5. The van der Waals surface area contributed by atoms with Crippen molar-refractivity contribution in [3.05, 3.63) is 0 Å². The molecule has 0 radical (unpaired) electrons. The van der Waals surface area contributed by atoms with Crippen LogP contribution in [0.2, 0.25) is 0 Å². The third kappa shape index (κ3) is 11.9. The average Bonchev–Trinajstić information content (AvgIpc) is 2.41. The predicted octanol–water partition coefficient (Wildman–Crippen LogP) is 5.74.